The fourth-order valence-electron chi connectivity index (χ4n) is 1.04. The Morgan fingerprint density at radius 3 is 2.50 bits per heavy atom. The topological polar surface area (TPSA) is 17.1 Å². The van der Waals surface area contributed by atoms with Crippen molar-refractivity contribution in [1.29, 1.82) is 0 Å². The van der Waals surface area contributed by atoms with Gasteiger partial charge in [-0.05, 0) is 18.8 Å². The summed E-state index contributed by atoms with van der Waals surface area (Å²) in [4.78, 5) is 10.5. The number of carbonyl (C=O) groups is 1. The van der Waals surface area contributed by atoms with Crippen LogP contribution in [0.5, 0.6) is 0 Å². The fraction of sp³-hybridized carbons (Fsp3) is 0.889. The minimum Gasteiger partial charge on any atom is -0.303 e. The molecule has 0 spiro atoms. The molecule has 1 heteroatoms. The first-order valence-electron chi connectivity index (χ1n) is 4.10. The summed E-state index contributed by atoms with van der Waals surface area (Å²) >= 11 is 0. The highest BCUT2D eigenvalue weighted by molar-refractivity contribution is 5.57. The summed E-state index contributed by atoms with van der Waals surface area (Å²) in [7, 11) is 0. The largest absolute Gasteiger partial charge is 0.303 e. The monoisotopic (exact) mass is 140 g/mol. The molecule has 0 N–H and O–H groups in total. The third-order valence-electron chi connectivity index (χ3n) is 2.21. The Kier molecular flexibility index (Phi) is 2.12. The second-order valence-electron chi connectivity index (χ2n) is 4.09. The van der Waals surface area contributed by atoms with E-state index in [4.69, 9.17) is 0 Å². The Labute approximate surface area is 62.8 Å². The van der Waals surface area contributed by atoms with Crippen molar-refractivity contribution in [2.45, 2.75) is 39.5 Å². The van der Waals surface area contributed by atoms with E-state index in [2.05, 4.69) is 0 Å². The molecule has 0 heterocycles. The first-order valence-corrected chi connectivity index (χ1v) is 4.10. The van der Waals surface area contributed by atoms with Gasteiger partial charge in [0.15, 0.2) is 0 Å². The maximum atomic E-state index is 10.5. The quantitative estimate of drug-likeness (QED) is 0.548. The van der Waals surface area contributed by atoms with Crippen LogP contribution in [0.2, 0.25) is 0 Å². The van der Waals surface area contributed by atoms with E-state index in [-0.39, 0.29) is 5.41 Å². The maximum absolute atomic E-state index is 10.5. The third-order valence-corrected chi connectivity index (χ3v) is 2.21. The van der Waals surface area contributed by atoms with E-state index in [1.54, 1.807) is 0 Å². The molecule has 0 aromatic rings. The average Bonchev–Trinajstić information content (AvgIpc) is 2.66. The highest BCUT2D eigenvalue weighted by Crippen LogP contribution is 2.36. The van der Waals surface area contributed by atoms with Crippen LogP contribution < -0.4 is 0 Å². The Morgan fingerprint density at radius 2 is 2.10 bits per heavy atom. The highest BCUT2D eigenvalue weighted by Gasteiger charge is 2.25. The minimum absolute atomic E-state index is 0.0669. The predicted octanol–water partition coefficient (Wildman–Crippen LogP) is 2.40. The average molecular weight is 140 g/mol. The molecule has 0 atom stereocenters. The van der Waals surface area contributed by atoms with Gasteiger partial charge in [0.2, 0.25) is 0 Å². The van der Waals surface area contributed by atoms with E-state index < -0.39 is 0 Å². The van der Waals surface area contributed by atoms with Crippen LogP contribution in [0.25, 0.3) is 0 Å². The third kappa shape index (κ3) is 2.51. The highest BCUT2D eigenvalue weighted by atomic mass is 16.1. The maximum Gasteiger partial charge on any atom is 0.125 e. The lowest BCUT2D eigenvalue weighted by atomic mass is 9.89. The van der Waals surface area contributed by atoms with Crippen LogP contribution in [0.1, 0.15) is 39.5 Å². The summed E-state index contributed by atoms with van der Waals surface area (Å²) in [6, 6.07) is 0. The van der Waals surface area contributed by atoms with E-state index in [0.29, 0.717) is 0 Å². The molecular formula is C9H16O. The Hall–Kier alpha value is -0.330. The van der Waals surface area contributed by atoms with Crippen LogP contribution in [0.3, 0.4) is 0 Å². The lowest BCUT2D eigenvalue weighted by Crippen LogP contribution is -2.12. The summed E-state index contributed by atoms with van der Waals surface area (Å²) < 4.78 is 0. The molecule has 0 amide bonds. The number of hydrogen-bond acceptors (Lipinski definition) is 1. The summed E-state index contributed by atoms with van der Waals surface area (Å²) in [5.41, 5.74) is -0.0669. The SMILES string of the molecule is CC(C)(C=O)CCC1CC1. The van der Waals surface area contributed by atoms with Crippen molar-refractivity contribution in [3.05, 3.63) is 0 Å². The van der Waals surface area contributed by atoms with Crippen LogP contribution in [-0.4, -0.2) is 6.29 Å². The van der Waals surface area contributed by atoms with Gasteiger partial charge in [-0.25, -0.2) is 0 Å². The summed E-state index contributed by atoms with van der Waals surface area (Å²) in [5, 5.41) is 0. The molecular weight excluding hydrogens is 124 g/mol. The normalized spacial score (nSPS) is 19.0. The molecule has 1 saturated carbocycles. The van der Waals surface area contributed by atoms with Gasteiger partial charge in [-0.2, -0.15) is 0 Å². The van der Waals surface area contributed by atoms with Crippen LogP contribution in [-0.2, 0) is 4.79 Å². The predicted molar refractivity (Wildman–Crippen MR) is 41.8 cm³/mol. The van der Waals surface area contributed by atoms with Gasteiger partial charge >= 0.3 is 0 Å². The molecule has 0 aromatic heterocycles. The van der Waals surface area contributed by atoms with Gasteiger partial charge in [0.1, 0.15) is 6.29 Å². The second-order valence-corrected chi connectivity index (χ2v) is 4.09. The van der Waals surface area contributed by atoms with Gasteiger partial charge < -0.3 is 4.79 Å². The Morgan fingerprint density at radius 1 is 1.50 bits per heavy atom. The molecule has 1 aliphatic carbocycles. The van der Waals surface area contributed by atoms with Crippen molar-refractivity contribution in [3.63, 3.8) is 0 Å². The zero-order valence-electron chi connectivity index (χ0n) is 6.89. The molecule has 1 rings (SSSR count). The van der Waals surface area contributed by atoms with Crippen LogP contribution in [0.15, 0.2) is 0 Å². The van der Waals surface area contributed by atoms with Gasteiger partial charge in [-0.3, -0.25) is 0 Å². The molecule has 58 valence electrons. The van der Waals surface area contributed by atoms with E-state index >= 15 is 0 Å². The first kappa shape index (κ1) is 7.77. The van der Waals surface area contributed by atoms with Crippen LogP contribution >= 0.6 is 0 Å². The molecule has 0 aliphatic heterocycles. The van der Waals surface area contributed by atoms with E-state index in [9.17, 15) is 4.79 Å². The summed E-state index contributed by atoms with van der Waals surface area (Å²) in [6.45, 7) is 4.03. The Balaban J connectivity index is 2.14. The molecule has 1 aliphatic rings. The van der Waals surface area contributed by atoms with Gasteiger partial charge in [-0.1, -0.05) is 26.7 Å². The van der Waals surface area contributed by atoms with Crippen molar-refractivity contribution < 1.29 is 4.79 Å². The standard InChI is InChI=1S/C9H16O/c1-9(2,7-10)6-5-8-3-4-8/h7-8H,3-6H2,1-2H3. The molecule has 0 unspecified atom stereocenters. The Bertz CT molecular complexity index is 123. The smallest absolute Gasteiger partial charge is 0.125 e. The molecule has 1 nitrogen and oxygen atoms in total. The summed E-state index contributed by atoms with van der Waals surface area (Å²) in [5.74, 6) is 0.958. The molecule has 10 heavy (non-hydrogen) atoms. The van der Waals surface area contributed by atoms with Crippen molar-refractivity contribution >= 4 is 6.29 Å². The molecule has 0 aromatic carbocycles. The first-order chi connectivity index (χ1) is 4.64. The van der Waals surface area contributed by atoms with Crippen molar-refractivity contribution in [2.75, 3.05) is 0 Å². The molecule has 1 fully saturated rings. The lowest BCUT2D eigenvalue weighted by molar-refractivity contribution is -0.115. The number of rotatable bonds is 4. The summed E-state index contributed by atoms with van der Waals surface area (Å²) in [6.07, 6.45) is 6.20. The van der Waals surface area contributed by atoms with Gasteiger partial charge in [0.05, 0.1) is 0 Å². The second kappa shape index (κ2) is 2.73. The van der Waals surface area contributed by atoms with Crippen molar-refractivity contribution in [2.24, 2.45) is 11.3 Å². The number of hydrogen-bond donors (Lipinski definition) is 0. The van der Waals surface area contributed by atoms with Crippen molar-refractivity contribution in [3.8, 4) is 0 Å². The molecule has 0 bridgehead atoms. The van der Waals surface area contributed by atoms with Crippen LogP contribution in [0, 0.1) is 11.3 Å². The molecule has 0 radical (unpaired) electrons. The van der Waals surface area contributed by atoms with Gasteiger partial charge in [0, 0.05) is 5.41 Å². The minimum atomic E-state index is -0.0669. The number of carbonyl (C=O) groups excluding carboxylic acids is 1. The van der Waals surface area contributed by atoms with Gasteiger partial charge in [0.25, 0.3) is 0 Å². The zero-order valence-corrected chi connectivity index (χ0v) is 6.89. The lowest BCUT2D eigenvalue weighted by Gasteiger charge is -2.15. The number of aldehydes is 1. The van der Waals surface area contributed by atoms with E-state index in [0.717, 1.165) is 18.6 Å². The van der Waals surface area contributed by atoms with E-state index in [1.165, 1.54) is 19.3 Å². The molecule has 0 saturated heterocycles. The fourth-order valence-corrected chi connectivity index (χ4v) is 1.04. The van der Waals surface area contributed by atoms with E-state index in [1.807, 2.05) is 13.8 Å². The van der Waals surface area contributed by atoms with Crippen molar-refractivity contribution in [1.82, 2.24) is 0 Å². The van der Waals surface area contributed by atoms with Gasteiger partial charge in [-0.15, -0.1) is 0 Å². The zero-order chi connectivity index (χ0) is 7.61. The van der Waals surface area contributed by atoms with Crippen LogP contribution in [0.4, 0.5) is 0 Å².